The van der Waals surface area contributed by atoms with Crippen molar-refractivity contribution < 1.29 is 22.8 Å². The van der Waals surface area contributed by atoms with Gasteiger partial charge in [0.05, 0.1) is 11.9 Å². The van der Waals surface area contributed by atoms with Gasteiger partial charge in [0.15, 0.2) is 0 Å². The Balaban J connectivity index is 2.18. The van der Waals surface area contributed by atoms with Crippen molar-refractivity contribution in [3.8, 4) is 0 Å². The van der Waals surface area contributed by atoms with E-state index in [2.05, 4.69) is 10.6 Å². The topological polar surface area (TPSA) is 116 Å². The molecule has 0 spiro atoms. The van der Waals surface area contributed by atoms with Crippen LogP contribution in [0.1, 0.15) is 17.3 Å². The van der Waals surface area contributed by atoms with Gasteiger partial charge in [-0.05, 0) is 42.5 Å². The Kier molecular flexibility index (Phi) is 7.17. The average Bonchev–Trinajstić information content (AvgIpc) is 2.64. The molecule has 3 amide bonds. The molecule has 2 N–H and O–H groups in total. The summed E-state index contributed by atoms with van der Waals surface area (Å²) in [5.74, 6) is -1.03. The van der Waals surface area contributed by atoms with E-state index in [-0.39, 0.29) is 17.5 Å². The largest absolute Gasteiger partial charge is 0.345 e. The predicted molar refractivity (Wildman–Crippen MR) is 116 cm³/mol. The van der Waals surface area contributed by atoms with Crippen LogP contribution in [-0.2, 0) is 19.6 Å². The fourth-order valence-corrected chi connectivity index (χ4v) is 3.49. The highest BCUT2D eigenvalue weighted by Crippen LogP contribution is 2.20. The third-order valence-electron chi connectivity index (χ3n) is 3.96. The van der Waals surface area contributed by atoms with E-state index in [1.165, 1.54) is 36.1 Å². The van der Waals surface area contributed by atoms with E-state index in [4.69, 9.17) is 0 Å². The maximum Gasteiger partial charge on any atom is 0.253 e. The Hall–Kier alpha value is -3.40. The van der Waals surface area contributed by atoms with E-state index in [9.17, 15) is 22.8 Å². The van der Waals surface area contributed by atoms with E-state index in [0.717, 1.165) is 10.6 Å². The summed E-state index contributed by atoms with van der Waals surface area (Å²) in [6, 6.07) is 12.5. The Labute approximate surface area is 175 Å². The van der Waals surface area contributed by atoms with E-state index in [1.54, 1.807) is 38.4 Å². The maximum atomic E-state index is 12.5. The van der Waals surface area contributed by atoms with Gasteiger partial charge in [-0.25, -0.2) is 8.42 Å². The lowest BCUT2D eigenvalue weighted by molar-refractivity contribution is -0.115. The molecular formula is C20H24N4O5S. The second kappa shape index (κ2) is 9.40. The smallest absolute Gasteiger partial charge is 0.253 e. The molecule has 0 unspecified atom stereocenters. The zero-order valence-corrected chi connectivity index (χ0v) is 18.0. The summed E-state index contributed by atoms with van der Waals surface area (Å²) in [4.78, 5) is 37.1. The molecule has 0 heterocycles. The third kappa shape index (κ3) is 6.31. The van der Waals surface area contributed by atoms with Crippen LogP contribution in [0.4, 0.5) is 17.1 Å². The molecule has 0 bridgehead atoms. The molecule has 0 aromatic heterocycles. The van der Waals surface area contributed by atoms with Crippen LogP contribution in [0.2, 0.25) is 0 Å². The molecule has 0 aliphatic rings. The molecule has 0 aliphatic carbocycles. The number of nitrogens with zero attached hydrogens (tertiary/aromatic N) is 2. The van der Waals surface area contributed by atoms with E-state index >= 15 is 0 Å². The lowest BCUT2D eigenvalue weighted by atomic mass is 10.2. The van der Waals surface area contributed by atoms with Crippen molar-refractivity contribution in [3.05, 3.63) is 54.1 Å². The number of anilines is 3. The van der Waals surface area contributed by atoms with Crippen LogP contribution in [0, 0.1) is 0 Å². The molecule has 0 saturated carbocycles. The Morgan fingerprint density at radius 2 is 1.50 bits per heavy atom. The van der Waals surface area contributed by atoms with Crippen molar-refractivity contribution in [2.24, 2.45) is 0 Å². The summed E-state index contributed by atoms with van der Waals surface area (Å²) in [7, 11) is -0.528. The highest BCUT2D eigenvalue weighted by Gasteiger charge is 2.21. The van der Waals surface area contributed by atoms with Crippen LogP contribution in [0.15, 0.2) is 48.5 Å². The van der Waals surface area contributed by atoms with Crippen LogP contribution in [-0.4, -0.2) is 57.9 Å². The highest BCUT2D eigenvalue weighted by atomic mass is 32.2. The standard InChI is InChI=1S/C20H24N4O5S/c1-14(25)21-16-6-5-7-17(12-16)22-19(26)13-24(30(4,28)29)18-10-8-15(9-11-18)20(27)23(2)3/h5-12H,13H2,1-4H3,(H,21,25)(H,22,26). The molecule has 2 rings (SSSR count). The molecule has 0 radical (unpaired) electrons. The Bertz CT molecular complexity index is 1050. The minimum absolute atomic E-state index is 0.218. The van der Waals surface area contributed by atoms with Gasteiger partial charge in [0, 0.05) is 38.0 Å². The van der Waals surface area contributed by atoms with E-state index in [1.807, 2.05) is 0 Å². The number of hydrogen-bond acceptors (Lipinski definition) is 5. The number of nitrogens with one attached hydrogen (secondary N) is 2. The van der Waals surface area contributed by atoms with Crippen molar-refractivity contribution in [3.63, 3.8) is 0 Å². The van der Waals surface area contributed by atoms with Gasteiger partial charge in [0.2, 0.25) is 21.8 Å². The minimum Gasteiger partial charge on any atom is -0.345 e. The number of hydrogen-bond donors (Lipinski definition) is 2. The van der Waals surface area contributed by atoms with Gasteiger partial charge in [0.25, 0.3) is 5.91 Å². The van der Waals surface area contributed by atoms with Crippen LogP contribution in [0.5, 0.6) is 0 Å². The SMILES string of the molecule is CC(=O)Nc1cccc(NC(=O)CN(c2ccc(C(=O)N(C)C)cc2)S(C)(=O)=O)c1. The van der Waals surface area contributed by atoms with E-state index in [0.29, 0.717) is 16.9 Å². The molecule has 0 fully saturated rings. The minimum atomic E-state index is -3.76. The maximum absolute atomic E-state index is 12.5. The molecule has 0 atom stereocenters. The fraction of sp³-hybridized carbons (Fsp3) is 0.250. The van der Waals surface area contributed by atoms with Gasteiger partial charge in [-0.1, -0.05) is 6.07 Å². The van der Waals surface area contributed by atoms with Crippen molar-refractivity contribution in [1.82, 2.24) is 4.90 Å². The third-order valence-corrected chi connectivity index (χ3v) is 5.10. The number of rotatable bonds is 7. The fourth-order valence-electron chi connectivity index (χ4n) is 2.64. The monoisotopic (exact) mass is 432 g/mol. The molecule has 2 aromatic rings. The number of amides is 3. The van der Waals surface area contributed by atoms with Crippen LogP contribution >= 0.6 is 0 Å². The van der Waals surface area contributed by atoms with Crippen LogP contribution in [0.3, 0.4) is 0 Å². The van der Waals surface area contributed by atoms with Gasteiger partial charge in [-0.15, -0.1) is 0 Å². The van der Waals surface area contributed by atoms with Gasteiger partial charge < -0.3 is 15.5 Å². The molecule has 160 valence electrons. The van der Waals surface area contributed by atoms with Gasteiger partial charge in [0.1, 0.15) is 6.54 Å². The number of benzene rings is 2. The summed E-state index contributed by atoms with van der Waals surface area (Å²) in [5, 5.41) is 5.22. The summed E-state index contributed by atoms with van der Waals surface area (Å²) in [6.07, 6.45) is 0.997. The summed E-state index contributed by atoms with van der Waals surface area (Å²) >= 11 is 0. The van der Waals surface area contributed by atoms with Crippen molar-refractivity contribution in [1.29, 1.82) is 0 Å². The van der Waals surface area contributed by atoms with E-state index < -0.39 is 22.5 Å². The Morgan fingerprint density at radius 1 is 0.933 bits per heavy atom. The predicted octanol–water partition coefficient (Wildman–Crippen LogP) is 1.75. The first kappa shape index (κ1) is 22.9. The second-order valence-electron chi connectivity index (χ2n) is 6.83. The summed E-state index contributed by atoms with van der Waals surface area (Å²) in [6.45, 7) is 0.913. The highest BCUT2D eigenvalue weighted by molar-refractivity contribution is 7.92. The quantitative estimate of drug-likeness (QED) is 0.692. The van der Waals surface area contributed by atoms with Gasteiger partial charge in [-0.2, -0.15) is 0 Å². The molecular weight excluding hydrogens is 408 g/mol. The first-order valence-corrected chi connectivity index (χ1v) is 10.8. The second-order valence-corrected chi connectivity index (χ2v) is 8.73. The average molecular weight is 433 g/mol. The molecule has 0 aliphatic heterocycles. The molecule has 30 heavy (non-hydrogen) atoms. The number of carbonyl (C=O) groups excluding carboxylic acids is 3. The number of carbonyl (C=O) groups is 3. The molecule has 9 nitrogen and oxygen atoms in total. The molecule has 0 saturated heterocycles. The van der Waals surface area contributed by atoms with Crippen LogP contribution in [0.25, 0.3) is 0 Å². The first-order valence-electron chi connectivity index (χ1n) is 8.94. The lowest BCUT2D eigenvalue weighted by Crippen LogP contribution is -2.37. The summed E-state index contributed by atoms with van der Waals surface area (Å²) < 4.78 is 25.4. The zero-order chi connectivity index (χ0) is 22.5. The van der Waals surface area contributed by atoms with Gasteiger partial charge >= 0.3 is 0 Å². The normalized spacial score (nSPS) is 10.8. The van der Waals surface area contributed by atoms with Crippen LogP contribution < -0.4 is 14.9 Å². The lowest BCUT2D eigenvalue weighted by Gasteiger charge is -2.22. The van der Waals surface area contributed by atoms with Crippen molar-refractivity contribution >= 4 is 44.8 Å². The molecule has 2 aromatic carbocycles. The molecule has 10 heteroatoms. The summed E-state index contributed by atoms with van der Waals surface area (Å²) in [5.41, 5.74) is 1.57. The van der Waals surface area contributed by atoms with Crippen molar-refractivity contribution in [2.45, 2.75) is 6.92 Å². The number of sulfonamides is 1. The van der Waals surface area contributed by atoms with Crippen molar-refractivity contribution in [2.75, 3.05) is 41.8 Å². The zero-order valence-electron chi connectivity index (χ0n) is 17.2. The Morgan fingerprint density at radius 3 is 2.00 bits per heavy atom. The first-order chi connectivity index (χ1) is 14.0. The van der Waals surface area contributed by atoms with Gasteiger partial charge in [-0.3, -0.25) is 18.7 Å².